The van der Waals surface area contributed by atoms with E-state index in [0.29, 0.717) is 11.3 Å². The van der Waals surface area contributed by atoms with E-state index in [4.69, 9.17) is 11.6 Å². The summed E-state index contributed by atoms with van der Waals surface area (Å²) in [4.78, 5) is 1.28. The van der Waals surface area contributed by atoms with E-state index in [9.17, 15) is 0 Å². The molecule has 92 valence electrons. The molecule has 0 aliphatic rings. The minimum Gasteiger partial charge on any atom is -0.309 e. The Bertz CT molecular complexity index is 299. The van der Waals surface area contributed by atoms with Gasteiger partial charge in [0.25, 0.3) is 0 Å². The molecule has 1 atom stereocenters. The van der Waals surface area contributed by atoms with Crippen LogP contribution in [0.3, 0.4) is 0 Å². The maximum atomic E-state index is 6.19. The maximum absolute atomic E-state index is 6.19. The predicted molar refractivity (Wildman–Crippen MR) is 78.0 cm³/mol. The van der Waals surface area contributed by atoms with Gasteiger partial charge in [0.2, 0.25) is 0 Å². The van der Waals surface area contributed by atoms with Gasteiger partial charge in [0.05, 0.1) is 11.1 Å². The van der Waals surface area contributed by atoms with Crippen molar-refractivity contribution in [1.29, 1.82) is 0 Å². The van der Waals surface area contributed by atoms with E-state index in [2.05, 4.69) is 31.5 Å². The first kappa shape index (κ1) is 14.4. The largest absolute Gasteiger partial charge is 0.309 e. The van der Waals surface area contributed by atoms with Crippen LogP contribution in [-0.4, -0.2) is 17.5 Å². The number of nitrogens with one attached hydrogen (secondary N) is 1. The standard InChI is InChI=1S/C12H20ClNS2/c1-4-6-14-11(8-16-9(2)3)12-10(13)5-7-15-12/h5,7,9,11,14H,4,6,8H2,1-3H3. The van der Waals surface area contributed by atoms with Gasteiger partial charge in [-0.3, -0.25) is 0 Å². The summed E-state index contributed by atoms with van der Waals surface area (Å²) in [5.41, 5.74) is 0. The van der Waals surface area contributed by atoms with Crippen molar-refractivity contribution in [3.05, 3.63) is 21.3 Å². The van der Waals surface area contributed by atoms with E-state index >= 15 is 0 Å². The lowest BCUT2D eigenvalue weighted by Crippen LogP contribution is -2.24. The molecule has 1 nitrogen and oxygen atoms in total. The Balaban J connectivity index is 2.60. The van der Waals surface area contributed by atoms with Gasteiger partial charge in [-0.25, -0.2) is 0 Å². The van der Waals surface area contributed by atoms with Gasteiger partial charge in [0.15, 0.2) is 0 Å². The van der Waals surface area contributed by atoms with Crippen LogP contribution in [0, 0.1) is 0 Å². The molecule has 1 rings (SSSR count). The Morgan fingerprint density at radius 3 is 2.75 bits per heavy atom. The third-order valence-corrected chi connectivity index (χ3v) is 4.86. The van der Waals surface area contributed by atoms with Gasteiger partial charge in [0.1, 0.15) is 0 Å². The zero-order valence-electron chi connectivity index (χ0n) is 10.1. The molecular weight excluding hydrogens is 258 g/mol. The number of halogens is 1. The smallest absolute Gasteiger partial charge is 0.0561 e. The van der Waals surface area contributed by atoms with Gasteiger partial charge < -0.3 is 5.32 Å². The van der Waals surface area contributed by atoms with Gasteiger partial charge in [0, 0.05) is 10.6 Å². The first-order valence-electron chi connectivity index (χ1n) is 5.73. The molecule has 0 aliphatic heterocycles. The molecular formula is C12H20ClNS2. The van der Waals surface area contributed by atoms with Crippen LogP contribution in [0.25, 0.3) is 0 Å². The summed E-state index contributed by atoms with van der Waals surface area (Å²) >= 11 is 9.92. The van der Waals surface area contributed by atoms with Crippen molar-refractivity contribution in [2.45, 2.75) is 38.5 Å². The second kappa shape index (κ2) is 7.59. The first-order chi connectivity index (χ1) is 7.65. The summed E-state index contributed by atoms with van der Waals surface area (Å²) in [6, 6.07) is 2.39. The number of rotatable bonds is 7. The van der Waals surface area contributed by atoms with Gasteiger partial charge >= 0.3 is 0 Å². The fourth-order valence-corrected chi connectivity index (χ4v) is 3.62. The zero-order valence-corrected chi connectivity index (χ0v) is 12.5. The zero-order chi connectivity index (χ0) is 12.0. The van der Waals surface area contributed by atoms with Gasteiger partial charge in [-0.05, 0) is 29.7 Å². The fraction of sp³-hybridized carbons (Fsp3) is 0.667. The van der Waals surface area contributed by atoms with Crippen molar-refractivity contribution in [2.24, 2.45) is 0 Å². The lowest BCUT2D eigenvalue weighted by atomic mass is 10.2. The Morgan fingerprint density at radius 2 is 2.25 bits per heavy atom. The summed E-state index contributed by atoms with van der Waals surface area (Å²) in [5.74, 6) is 1.10. The number of thioether (sulfide) groups is 1. The third-order valence-electron chi connectivity index (χ3n) is 2.20. The highest BCUT2D eigenvalue weighted by Crippen LogP contribution is 2.31. The van der Waals surface area contributed by atoms with Crippen LogP contribution in [0.5, 0.6) is 0 Å². The molecule has 0 aromatic carbocycles. The fourth-order valence-electron chi connectivity index (χ4n) is 1.39. The molecule has 16 heavy (non-hydrogen) atoms. The topological polar surface area (TPSA) is 12.0 Å². The lowest BCUT2D eigenvalue weighted by molar-refractivity contribution is 0.584. The Morgan fingerprint density at radius 1 is 1.50 bits per heavy atom. The highest BCUT2D eigenvalue weighted by Gasteiger charge is 2.15. The number of hydrogen-bond acceptors (Lipinski definition) is 3. The van der Waals surface area contributed by atoms with Crippen LogP contribution in [-0.2, 0) is 0 Å². The average molecular weight is 278 g/mol. The minimum absolute atomic E-state index is 0.403. The van der Waals surface area contributed by atoms with Crippen molar-refractivity contribution in [2.75, 3.05) is 12.3 Å². The molecule has 4 heteroatoms. The van der Waals surface area contributed by atoms with Crippen LogP contribution in [0.1, 0.15) is 38.1 Å². The number of hydrogen-bond donors (Lipinski definition) is 1. The SMILES string of the molecule is CCCNC(CSC(C)C)c1sccc1Cl. The normalized spacial score (nSPS) is 13.3. The van der Waals surface area contributed by atoms with Crippen molar-refractivity contribution in [3.63, 3.8) is 0 Å². The molecule has 0 radical (unpaired) electrons. The van der Waals surface area contributed by atoms with Crippen LogP contribution >= 0.6 is 34.7 Å². The summed E-state index contributed by atoms with van der Waals surface area (Å²) in [5, 5.41) is 7.22. The summed E-state index contributed by atoms with van der Waals surface area (Å²) in [6.45, 7) is 7.71. The highest BCUT2D eigenvalue weighted by molar-refractivity contribution is 7.99. The van der Waals surface area contributed by atoms with E-state index in [1.807, 2.05) is 17.8 Å². The van der Waals surface area contributed by atoms with E-state index in [-0.39, 0.29) is 0 Å². The second-order valence-corrected chi connectivity index (χ2v) is 6.99. The second-order valence-electron chi connectivity index (χ2n) is 4.02. The number of thiophene rings is 1. The predicted octanol–water partition coefficient (Wildman–Crippen LogP) is 4.58. The molecule has 0 saturated heterocycles. The lowest BCUT2D eigenvalue weighted by Gasteiger charge is -2.18. The third kappa shape index (κ3) is 4.66. The Hall–Kier alpha value is 0.300. The summed E-state index contributed by atoms with van der Waals surface area (Å²) in [6.07, 6.45) is 1.16. The van der Waals surface area contributed by atoms with E-state index in [0.717, 1.165) is 23.7 Å². The molecule has 0 aliphatic carbocycles. The average Bonchev–Trinajstić information content (AvgIpc) is 2.65. The quantitative estimate of drug-likeness (QED) is 0.783. The minimum atomic E-state index is 0.403. The maximum Gasteiger partial charge on any atom is 0.0561 e. The van der Waals surface area contributed by atoms with Crippen LogP contribution in [0.2, 0.25) is 5.02 Å². The van der Waals surface area contributed by atoms with E-state index < -0.39 is 0 Å². The van der Waals surface area contributed by atoms with Crippen molar-refractivity contribution in [1.82, 2.24) is 5.32 Å². The van der Waals surface area contributed by atoms with Crippen LogP contribution < -0.4 is 5.32 Å². The summed E-state index contributed by atoms with van der Waals surface area (Å²) < 4.78 is 0. The Kier molecular flexibility index (Phi) is 6.81. The van der Waals surface area contributed by atoms with E-state index in [1.165, 1.54) is 4.88 Å². The molecule has 1 aromatic heterocycles. The van der Waals surface area contributed by atoms with Gasteiger partial charge in [-0.1, -0.05) is 32.4 Å². The van der Waals surface area contributed by atoms with Crippen molar-refractivity contribution >= 4 is 34.7 Å². The molecule has 0 amide bonds. The van der Waals surface area contributed by atoms with Crippen molar-refractivity contribution in [3.8, 4) is 0 Å². The Labute approximate surface area is 112 Å². The van der Waals surface area contributed by atoms with Crippen LogP contribution in [0.4, 0.5) is 0 Å². The molecule has 1 aromatic rings. The first-order valence-corrected chi connectivity index (χ1v) is 8.03. The molecule has 1 N–H and O–H groups in total. The molecule has 0 fully saturated rings. The molecule has 0 saturated carbocycles. The molecule has 0 spiro atoms. The van der Waals surface area contributed by atoms with Crippen molar-refractivity contribution < 1.29 is 0 Å². The molecule has 0 bridgehead atoms. The van der Waals surface area contributed by atoms with Gasteiger partial charge in [-0.15, -0.1) is 11.3 Å². The molecule has 1 unspecified atom stereocenters. The summed E-state index contributed by atoms with van der Waals surface area (Å²) in [7, 11) is 0. The molecule has 1 heterocycles. The van der Waals surface area contributed by atoms with E-state index in [1.54, 1.807) is 11.3 Å². The van der Waals surface area contributed by atoms with Crippen LogP contribution in [0.15, 0.2) is 11.4 Å². The highest BCUT2D eigenvalue weighted by atomic mass is 35.5. The van der Waals surface area contributed by atoms with Gasteiger partial charge in [-0.2, -0.15) is 11.8 Å². The monoisotopic (exact) mass is 277 g/mol.